The van der Waals surface area contributed by atoms with Gasteiger partial charge in [0.15, 0.2) is 11.8 Å². The number of ketones is 1. The van der Waals surface area contributed by atoms with Gasteiger partial charge < -0.3 is 22.1 Å². The van der Waals surface area contributed by atoms with E-state index in [0.717, 1.165) is 16.5 Å². The van der Waals surface area contributed by atoms with Gasteiger partial charge in [-0.05, 0) is 23.3 Å². The van der Waals surface area contributed by atoms with E-state index in [0.29, 0.717) is 5.56 Å². The molecule has 0 spiro atoms. The number of halogens is 1. The van der Waals surface area contributed by atoms with Gasteiger partial charge in [-0.2, -0.15) is 0 Å². The van der Waals surface area contributed by atoms with Gasteiger partial charge in [-0.25, -0.2) is 9.18 Å². The van der Waals surface area contributed by atoms with E-state index in [1.165, 1.54) is 25.4 Å². The third-order valence-electron chi connectivity index (χ3n) is 4.78. The number of nitrogens with zero attached hydrogens (tertiary/aromatic N) is 1. The van der Waals surface area contributed by atoms with Gasteiger partial charge in [-0.15, -0.1) is 0 Å². The van der Waals surface area contributed by atoms with Crippen molar-refractivity contribution in [1.29, 1.82) is 0 Å². The Bertz CT molecular complexity index is 1070. The fraction of sp³-hybridized carbons (Fsp3) is 0.182. The molecule has 1 heterocycles. The van der Waals surface area contributed by atoms with Crippen molar-refractivity contribution in [3.05, 3.63) is 72.2 Å². The molecule has 3 rings (SSSR count). The van der Waals surface area contributed by atoms with E-state index in [9.17, 15) is 28.7 Å². The van der Waals surface area contributed by atoms with Crippen LogP contribution in [-0.4, -0.2) is 46.8 Å². The van der Waals surface area contributed by atoms with E-state index >= 15 is 0 Å². The summed E-state index contributed by atoms with van der Waals surface area (Å²) < 4.78 is 14.6. The van der Waals surface area contributed by atoms with Crippen molar-refractivity contribution in [2.45, 2.75) is 18.5 Å². The summed E-state index contributed by atoms with van der Waals surface area (Å²) in [5.41, 5.74) is 1.40. The average molecular weight is 449 g/mol. The summed E-state index contributed by atoms with van der Waals surface area (Å²) in [6.45, 7) is 0. The topological polar surface area (TPSA) is 116 Å². The summed E-state index contributed by atoms with van der Waals surface area (Å²) in [6.07, 6.45) is 1.82. The number of hydrogen-bond acceptors (Lipinski definition) is 4. The van der Waals surface area contributed by atoms with Gasteiger partial charge >= 0.3 is 41.6 Å². The number of rotatable bonds is 6. The molecule has 3 N–H and O–H groups in total. The smallest absolute Gasteiger partial charge is 1.00 e. The predicted octanol–water partition coefficient (Wildman–Crippen LogP) is -0.652. The minimum absolute atomic E-state index is 0. The second-order valence-electron chi connectivity index (χ2n) is 6.97. The number of carbonyl (C=O) groups is 4. The van der Waals surface area contributed by atoms with Crippen molar-refractivity contribution in [3.63, 3.8) is 0 Å². The molecule has 0 radical (unpaired) electrons. The molecule has 3 amide bonds. The molecule has 0 aromatic heterocycles. The Balaban J connectivity index is 0.00000272. The molecule has 2 aromatic carbocycles. The van der Waals surface area contributed by atoms with Crippen LogP contribution in [0.15, 0.2) is 60.8 Å². The number of nitrogens with one attached hydrogen (secondary N) is 2. The molecule has 32 heavy (non-hydrogen) atoms. The van der Waals surface area contributed by atoms with Gasteiger partial charge in [0.25, 0.3) is 5.91 Å². The zero-order valence-electron chi connectivity index (χ0n) is 18.5. The number of carbonyl (C=O) groups excluding carboxylic acids is 3. The average Bonchev–Trinajstić information content (AvgIpc) is 2.74. The van der Waals surface area contributed by atoms with Gasteiger partial charge in [0.2, 0.25) is 0 Å². The van der Waals surface area contributed by atoms with Crippen LogP contribution < -0.4 is 40.2 Å². The fourth-order valence-electron chi connectivity index (χ4n) is 3.18. The van der Waals surface area contributed by atoms with Gasteiger partial charge in [0.1, 0.15) is 5.82 Å². The van der Waals surface area contributed by atoms with Crippen LogP contribution in [0.25, 0.3) is 11.1 Å². The van der Waals surface area contributed by atoms with Crippen LogP contribution in [0.2, 0.25) is 0 Å². The predicted molar refractivity (Wildman–Crippen MR) is 110 cm³/mol. The normalized spacial score (nSPS) is 16.2. The zero-order chi connectivity index (χ0) is 22.5. The van der Waals surface area contributed by atoms with Crippen molar-refractivity contribution in [2.75, 3.05) is 7.05 Å². The van der Waals surface area contributed by atoms with Crippen molar-refractivity contribution < 1.29 is 59.7 Å². The molecule has 8 nitrogen and oxygen atoms in total. The number of urea groups is 1. The maximum atomic E-state index is 14.6. The summed E-state index contributed by atoms with van der Waals surface area (Å²) in [5, 5.41) is 13.9. The molecule has 0 fully saturated rings. The second-order valence-corrected chi connectivity index (χ2v) is 6.97. The quantitative estimate of drug-likeness (QED) is 0.400. The summed E-state index contributed by atoms with van der Waals surface area (Å²) in [5.74, 6) is -3.22. The molecule has 1 unspecified atom stereocenters. The van der Waals surface area contributed by atoms with Crippen LogP contribution in [0.4, 0.5) is 9.18 Å². The molecule has 1 aliphatic rings. The number of amides is 3. The Morgan fingerprint density at radius 2 is 1.84 bits per heavy atom. The van der Waals surface area contributed by atoms with E-state index in [2.05, 4.69) is 10.6 Å². The van der Waals surface area contributed by atoms with Crippen LogP contribution in [-0.2, 0) is 14.4 Å². The molecule has 162 valence electrons. The maximum absolute atomic E-state index is 14.6. The van der Waals surface area contributed by atoms with Crippen LogP contribution in [0, 0.1) is 5.82 Å². The van der Waals surface area contributed by atoms with Crippen LogP contribution in [0.5, 0.6) is 0 Å². The Labute approximate surface area is 207 Å². The summed E-state index contributed by atoms with van der Waals surface area (Å²) in [6, 6.07) is 9.63. The first-order valence-corrected chi connectivity index (χ1v) is 9.38. The molecule has 1 aliphatic heterocycles. The molecular formula is C22H21FN3NaO5. The summed E-state index contributed by atoms with van der Waals surface area (Å²) in [7, 11) is 1.43. The molecule has 2 aromatic rings. The molecule has 0 saturated carbocycles. The number of benzene rings is 2. The molecule has 2 atom stereocenters. The van der Waals surface area contributed by atoms with Crippen molar-refractivity contribution in [3.8, 4) is 11.1 Å². The maximum Gasteiger partial charge on any atom is 1.00 e. The zero-order valence-corrected chi connectivity index (χ0v) is 19.5. The van der Waals surface area contributed by atoms with Gasteiger partial charge in [-0.1, -0.05) is 36.4 Å². The first-order valence-electron chi connectivity index (χ1n) is 9.38. The Morgan fingerprint density at radius 1 is 1.16 bits per heavy atom. The number of carboxylic acids is 1. The number of aliphatic carboxylic acids is 1. The molecule has 0 bridgehead atoms. The molecule has 10 heteroatoms. The standard InChI is InChI=1S/C22H20FN3O5.Na.H/c1-26-10-9-18(27)20(21(26)30)25-22(31)24-17(12-19(28)29)15-11-14(7-8-16(15)23)13-5-3-2-4-6-13;;/h2-11,17,20H,12H2,1H3,(H,28,29)(H2,24,25,31);;/q;+1;-1/t17-,20?;;/m0../s1. The van der Waals surface area contributed by atoms with E-state index in [4.69, 9.17) is 0 Å². The van der Waals surface area contributed by atoms with Gasteiger partial charge in [0.05, 0.1) is 12.5 Å². The Hall–Kier alpha value is -3.01. The number of carboxylic acid groups (broad SMARTS) is 1. The van der Waals surface area contributed by atoms with Gasteiger partial charge in [0, 0.05) is 24.9 Å². The monoisotopic (exact) mass is 449 g/mol. The third-order valence-corrected chi connectivity index (χ3v) is 4.78. The minimum atomic E-state index is -1.44. The number of hydrogen-bond donors (Lipinski definition) is 3. The summed E-state index contributed by atoms with van der Waals surface area (Å²) in [4.78, 5) is 49.0. The Morgan fingerprint density at radius 3 is 2.50 bits per heavy atom. The SMILES string of the molecule is CN1C=CC(=O)C(NC(=O)N[C@@H](CC(=O)O)c2cc(-c3ccccc3)ccc2F)C1=O.[H-].[Na+]. The molecule has 0 aliphatic carbocycles. The van der Waals surface area contributed by atoms with Gasteiger partial charge in [-0.3, -0.25) is 14.4 Å². The van der Waals surface area contributed by atoms with Crippen LogP contribution >= 0.6 is 0 Å². The second kappa shape index (κ2) is 11.0. The van der Waals surface area contributed by atoms with Crippen LogP contribution in [0.1, 0.15) is 19.5 Å². The first-order chi connectivity index (χ1) is 14.8. The van der Waals surface area contributed by atoms with Crippen molar-refractivity contribution in [2.24, 2.45) is 0 Å². The first kappa shape index (κ1) is 25.3. The van der Waals surface area contributed by atoms with E-state index in [-0.39, 0.29) is 36.5 Å². The van der Waals surface area contributed by atoms with Crippen molar-refractivity contribution in [1.82, 2.24) is 15.5 Å². The molecule has 0 saturated heterocycles. The van der Waals surface area contributed by atoms with E-state index < -0.39 is 48.0 Å². The largest absolute Gasteiger partial charge is 1.00 e. The Kier molecular flexibility index (Phi) is 8.71. The number of likely N-dealkylation sites (N-methyl/N-ethyl adjacent to an activating group) is 1. The fourth-order valence-corrected chi connectivity index (χ4v) is 3.18. The van der Waals surface area contributed by atoms with Crippen molar-refractivity contribution >= 4 is 23.7 Å². The minimum Gasteiger partial charge on any atom is -1.00 e. The van der Waals surface area contributed by atoms with E-state index in [1.807, 2.05) is 30.3 Å². The summed E-state index contributed by atoms with van der Waals surface area (Å²) >= 11 is 0. The molecular weight excluding hydrogens is 428 g/mol. The van der Waals surface area contributed by atoms with E-state index in [1.54, 1.807) is 6.07 Å². The third kappa shape index (κ3) is 6.03. The van der Waals surface area contributed by atoms with Crippen LogP contribution in [0.3, 0.4) is 0 Å².